The second-order valence-corrected chi connectivity index (χ2v) is 6.12. The number of hydrogen-bond acceptors (Lipinski definition) is 3. The number of carbonyl (C=O) groups is 2. The zero-order chi connectivity index (χ0) is 13.4. The van der Waals surface area contributed by atoms with E-state index in [-0.39, 0.29) is 11.9 Å². The number of piperazine rings is 1. The summed E-state index contributed by atoms with van der Waals surface area (Å²) in [5, 5.41) is 3.29. The number of amides is 2. The zero-order valence-corrected chi connectivity index (χ0v) is 11.6. The first kappa shape index (κ1) is 12.9. The Morgan fingerprint density at radius 2 is 1.53 bits per heavy atom. The van der Waals surface area contributed by atoms with Crippen LogP contribution in [-0.4, -0.2) is 60.4 Å². The van der Waals surface area contributed by atoms with E-state index in [0.717, 1.165) is 25.8 Å². The lowest BCUT2D eigenvalue weighted by Gasteiger charge is -2.36. The van der Waals surface area contributed by atoms with E-state index in [0.29, 0.717) is 43.9 Å². The number of rotatable bonds is 2. The average molecular weight is 265 g/mol. The molecule has 2 atom stereocenters. The molecule has 0 bridgehead atoms. The number of nitrogens with one attached hydrogen (secondary N) is 1. The lowest BCUT2D eigenvalue weighted by molar-refractivity contribution is -0.141. The maximum Gasteiger partial charge on any atom is 0.240 e. The normalized spacial score (nSPS) is 31.6. The van der Waals surface area contributed by atoms with Gasteiger partial charge < -0.3 is 15.1 Å². The van der Waals surface area contributed by atoms with Crippen LogP contribution >= 0.6 is 0 Å². The first-order valence-electron chi connectivity index (χ1n) is 7.48. The molecule has 0 aromatic rings. The predicted octanol–water partition coefficient (Wildman–Crippen LogP) is 0.0652. The molecule has 3 fully saturated rings. The molecule has 0 aromatic carbocycles. The molecule has 1 N–H and O–H groups in total. The van der Waals surface area contributed by atoms with Gasteiger partial charge in [-0.15, -0.1) is 0 Å². The maximum atomic E-state index is 12.4. The minimum atomic E-state index is -0.00863. The van der Waals surface area contributed by atoms with Crippen LogP contribution in [0.1, 0.15) is 26.2 Å². The van der Waals surface area contributed by atoms with Crippen LogP contribution < -0.4 is 5.32 Å². The van der Waals surface area contributed by atoms with E-state index in [2.05, 4.69) is 12.2 Å². The monoisotopic (exact) mass is 265 g/mol. The van der Waals surface area contributed by atoms with E-state index in [1.54, 1.807) is 0 Å². The molecule has 106 valence electrons. The molecule has 0 radical (unpaired) electrons. The minimum Gasteiger partial charge on any atom is -0.339 e. The summed E-state index contributed by atoms with van der Waals surface area (Å²) in [7, 11) is 0. The van der Waals surface area contributed by atoms with E-state index in [9.17, 15) is 9.59 Å². The standard InChI is InChI=1S/C14H23N3O2/c1-10-4-5-15-12(10)14(19)17-8-6-16(7-9-17)13(18)11-2-3-11/h10-12,15H,2-9H2,1H3. The Morgan fingerprint density at radius 1 is 0.947 bits per heavy atom. The van der Waals surface area contributed by atoms with Gasteiger partial charge in [0.05, 0.1) is 6.04 Å². The number of hydrogen-bond donors (Lipinski definition) is 1. The smallest absolute Gasteiger partial charge is 0.240 e. The van der Waals surface area contributed by atoms with Crippen molar-refractivity contribution in [3.8, 4) is 0 Å². The molecule has 19 heavy (non-hydrogen) atoms. The molecule has 2 aliphatic heterocycles. The van der Waals surface area contributed by atoms with E-state index < -0.39 is 0 Å². The van der Waals surface area contributed by atoms with Crippen LogP contribution in [0.3, 0.4) is 0 Å². The molecule has 0 aromatic heterocycles. The quantitative estimate of drug-likeness (QED) is 0.768. The molecular formula is C14H23N3O2. The molecule has 0 spiro atoms. The largest absolute Gasteiger partial charge is 0.339 e. The van der Waals surface area contributed by atoms with Crippen molar-refractivity contribution in [3.63, 3.8) is 0 Å². The molecule has 2 saturated heterocycles. The Balaban J connectivity index is 1.51. The Labute approximate surface area is 114 Å². The van der Waals surface area contributed by atoms with Crippen LogP contribution in [0.4, 0.5) is 0 Å². The second kappa shape index (κ2) is 5.12. The third kappa shape index (κ3) is 2.61. The van der Waals surface area contributed by atoms with Gasteiger partial charge >= 0.3 is 0 Å². The van der Waals surface area contributed by atoms with Crippen LogP contribution in [-0.2, 0) is 9.59 Å². The van der Waals surface area contributed by atoms with Gasteiger partial charge in [0.2, 0.25) is 11.8 Å². The summed E-state index contributed by atoms with van der Waals surface area (Å²) >= 11 is 0. The van der Waals surface area contributed by atoms with Gasteiger partial charge in [0.1, 0.15) is 0 Å². The number of nitrogens with zero attached hydrogens (tertiary/aromatic N) is 2. The van der Waals surface area contributed by atoms with Gasteiger partial charge in [-0.1, -0.05) is 6.92 Å². The molecule has 1 aliphatic carbocycles. The zero-order valence-electron chi connectivity index (χ0n) is 11.6. The highest BCUT2D eigenvalue weighted by molar-refractivity contribution is 5.84. The third-order valence-corrected chi connectivity index (χ3v) is 4.63. The van der Waals surface area contributed by atoms with Crippen molar-refractivity contribution in [1.29, 1.82) is 0 Å². The van der Waals surface area contributed by atoms with Gasteiger partial charge in [-0.05, 0) is 31.7 Å². The summed E-state index contributed by atoms with van der Waals surface area (Å²) in [5.41, 5.74) is 0. The Bertz CT molecular complexity index is 373. The van der Waals surface area contributed by atoms with Crippen LogP contribution in [0, 0.1) is 11.8 Å². The molecule has 2 amide bonds. The van der Waals surface area contributed by atoms with Gasteiger partial charge in [0, 0.05) is 32.1 Å². The fourth-order valence-electron chi connectivity index (χ4n) is 3.10. The predicted molar refractivity (Wildman–Crippen MR) is 71.5 cm³/mol. The third-order valence-electron chi connectivity index (χ3n) is 4.63. The Morgan fingerprint density at radius 3 is 2.00 bits per heavy atom. The van der Waals surface area contributed by atoms with Crippen molar-refractivity contribution in [1.82, 2.24) is 15.1 Å². The molecule has 5 nitrogen and oxygen atoms in total. The summed E-state index contributed by atoms with van der Waals surface area (Å²) in [6.07, 6.45) is 3.19. The van der Waals surface area contributed by atoms with Crippen molar-refractivity contribution >= 4 is 11.8 Å². The first-order chi connectivity index (χ1) is 9.16. The fourth-order valence-corrected chi connectivity index (χ4v) is 3.10. The average Bonchev–Trinajstić information content (AvgIpc) is 3.20. The van der Waals surface area contributed by atoms with Crippen LogP contribution in [0.25, 0.3) is 0 Å². The van der Waals surface area contributed by atoms with Crippen molar-refractivity contribution in [2.75, 3.05) is 32.7 Å². The van der Waals surface area contributed by atoms with Crippen molar-refractivity contribution < 1.29 is 9.59 Å². The van der Waals surface area contributed by atoms with E-state index in [1.807, 2.05) is 9.80 Å². The minimum absolute atomic E-state index is 0.00863. The Hall–Kier alpha value is -1.10. The number of carbonyl (C=O) groups excluding carboxylic acids is 2. The topological polar surface area (TPSA) is 52.7 Å². The maximum absolute atomic E-state index is 12.4. The lowest BCUT2D eigenvalue weighted by Crippen LogP contribution is -2.55. The van der Waals surface area contributed by atoms with E-state index in [4.69, 9.17) is 0 Å². The first-order valence-corrected chi connectivity index (χ1v) is 7.48. The summed E-state index contributed by atoms with van der Waals surface area (Å²) in [6, 6.07) is -0.00863. The SMILES string of the molecule is CC1CCNC1C(=O)N1CCN(C(=O)C2CC2)CC1. The van der Waals surface area contributed by atoms with Crippen LogP contribution in [0.2, 0.25) is 0 Å². The molecule has 2 unspecified atom stereocenters. The highest BCUT2D eigenvalue weighted by Crippen LogP contribution is 2.31. The van der Waals surface area contributed by atoms with Crippen LogP contribution in [0.5, 0.6) is 0 Å². The molecule has 5 heteroatoms. The van der Waals surface area contributed by atoms with Gasteiger partial charge in [0.15, 0.2) is 0 Å². The van der Waals surface area contributed by atoms with Gasteiger partial charge in [-0.3, -0.25) is 9.59 Å². The van der Waals surface area contributed by atoms with E-state index in [1.165, 1.54) is 0 Å². The molecule has 3 aliphatic rings. The molecule has 2 heterocycles. The summed E-state index contributed by atoms with van der Waals surface area (Å²) < 4.78 is 0. The van der Waals surface area contributed by atoms with Gasteiger partial charge in [-0.25, -0.2) is 0 Å². The van der Waals surface area contributed by atoms with Gasteiger partial charge in [0.25, 0.3) is 0 Å². The summed E-state index contributed by atoms with van der Waals surface area (Å²) in [4.78, 5) is 28.2. The van der Waals surface area contributed by atoms with Crippen LogP contribution in [0.15, 0.2) is 0 Å². The molecular weight excluding hydrogens is 242 g/mol. The highest BCUT2D eigenvalue weighted by atomic mass is 16.2. The van der Waals surface area contributed by atoms with E-state index >= 15 is 0 Å². The summed E-state index contributed by atoms with van der Waals surface area (Å²) in [6.45, 7) is 5.89. The van der Waals surface area contributed by atoms with Crippen molar-refractivity contribution in [2.24, 2.45) is 11.8 Å². The second-order valence-electron chi connectivity index (χ2n) is 6.12. The molecule has 3 rings (SSSR count). The summed E-state index contributed by atoms with van der Waals surface area (Å²) in [5.74, 6) is 1.25. The fraction of sp³-hybridized carbons (Fsp3) is 0.857. The molecule has 1 saturated carbocycles. The highest BCUT2D eigenvalue weighted by Gasteiger charge is 2.37. The van der Waals surface area contributed by atoms with Crippen molar-refractivity contribution in [2.45, 2.75) is 32.2 Å². The van der Waals surface area contributed by atoms with Crippen molar-refractivity contribution in [3.05, 3.63) is 0 Å². The lowest BCUT2D eigenvalue weighted by atomic mass is 10.0. The Kier molecular flexibility index (Phi) is 3.48. The van der Waals surface area contributed by atoms with Gasteiger partial charge in [-0.2, -0.15) is 0 Å².